The molecule has 4 nitrogen and oxygen atoms in total. The molecule has 0 aliphatic rings. The van der Waals surface area contributed by atoms with Gasteiger partial charge in [0.1, 0.15) is 0 Å². The Morgan fingerprint density at radius 1 is 1.00 bits per heavy atom. The van der Waals surface area contributed by atoms with Crippen molar-refractivity contribution in [3.05, 3.63) is 0 Å². The molecule has 0 unspecified atom stereocenters. The van der Waals surface area contributed by atoms with E-state index in [2.05, 4.69) is 0 Å². The van der Waals surface area contributed by atoms with Crippen molar-refractivity contribution in [2.75, 3.05) is 0 Å². The van der Waals surface area contributed by atoms with E-state index < -0.39 is 17.4 Å². The molecule has 40 valence electrons. The normalized spacial score (nSPS) is 6.00. The van der Waals surface area contributed by atoms with Crippen LogP contribution in [0.3, 0.4) is 0 Å². The van der Waals surface area contributed by atoms with Gasteiger partial charge in [0.05, 0.1) is 0 Å². The number of hydrogen-bond acceptors (Lipinski definition) is 2. The molecule has 0 aromatic rings. The summed E-state index contributed by atoms with van der Waals surface area (Å²) in [7, 11) is -1.67. The minimum atomic E-state index is -0.833. The summed E-state index contributed by atoms with van der Waals surface area (Å²) in [6.07, 6.45) is 0. The molecule has 7 heteroatoms. The number of hydrogen-bond donors (Lipinski definition) is 2. The van der Waals surface area contributed by atoms with Crippen LogP contribution in [-0.2, 0) is 9.13 Å². The molecule has 0 aliphatic carbocycles. The van der Waals surface area contributed by atoms with Crippen molar-refractivity contribution in [2.24, 2.45) is 0 Å². The van der Waals surface area contributed by atoms with Crippen LogP contribution in [0.4, 0.5) is 0 Å². The fourth-order valence-electron chi connectivity index (χ4n) is 0. The molecule has 0 aromatic heterocycles. The molecule has 0 radical (unpaired) electrons. The van der Waals surface area contributed by atoms with E-state index in [0.29, 0.717) is 0 Å². The summed E-state index contributed by atoms with van der Waals surface area (Å²) >= 11 is 0. The second-order valence-electron chi connectivity index (χ2n) is 0.163. The van der Waals surface area contributed by atoms with E-state index in [1.807, 2.05) is 0 Å². The van der Waals surface area contributed by atoms with Crippen molar-refractivity contribution in [1.29, 1.82) is 0 Å². The van der Waals surface area contributed by atoms with E-state index in [-0.39, 0.29) is 40.8 Å². The van der Waals surface area contributed by atoms with Gasteiger partial charge in [-0.15, -0.1) is 0 Å². The van der Waals surface area contributed by atoms with E-state index >= 15 is 0 Å². The standard InChI is InChI=1S/Nd.2HO2P/c;2*1-3-2/h;2*(H,1,2). The molecular weight excluding hydrogens is 270 g/mol. The zero-order chi connectivity index (χ0) is 5.41. The Kier molecular flexibility index (Phi) is 58.6. The first-order valence-electron chi connectivity index (χ1n) is 0.765. The summed E-state index contributed by atoms with van der Waals surface area (Å²) in [5, 5.41) is 0. The molecule has 0 atom stereocenters. The predicted octanol–water partition coefficient (Wildman–Crippen LogP) is 0.371. The smallest absolute Gasteiger partial charge is 0.310 e. The first kappa shape index (κ1) is 15.8. The largest absolute Gasteiger partial charge is 0.324 e. The first-order chi connectivity index (χ1) is 2.83. The molecule has 0 aromatic carbocycles. The maximum Gasteiger partial charge on any atom is 0.324 e. The van der Waals surface area contributed by atoms with Gasteiger partial charge in [-0.3, -0.25) is 0 Å². The third kappa shape index (κ3) is 103. The minimum absolute atomic E-state index is 0. The van der Waals surface area contributed by atoms with Gasteiger partial charge < -0.3 is 9.79 Å². The molecule has 0 saturated carbocycles. The third-order valence-electron chi connectivity index (χ3n) is 0. The van der Waals surface area contributed by atoms with Gasteiger partial charge in [0.2, 0.25) is 0 Å². The SMILES string of the molecule is O=PO.O=PO.[Nd]. The van der Waals surface area contributed by atoms with Crippen LogP contribution >= 0.6 is 17.4 Å². The van der Waals surface area contributed by atoms with E-state index in [1.54, 1.807) is 0 Å². The maximum atomic E-state index is 8.46. The monoisotopic (exact) mass is 270 g/mol. The van der Waals surface area contributed by atoms with Gasteiger partial charge in [-0.2, -0.15) is 0 Å². The zero-order valence-electron chi connectivity index (χ0n) is 3.11. The van der Waals surface area contributed by atoms with E-state index in [1.165, 1.54) is 0 Å². The van der Waals surface area contributed by atoms with Crippen molar-refractivity contribution in [3.63, 3.8) is 0 Å². The van der Waals surface area contributed by atoms with Crippen molar-refractivity contribution in [3.8, 4) is 0 Å². The van der Waals surface area contributed by atoms with Crippen LogP contribution in [0.2, 0.25) is 0 Å². The van der Waals surface area contributed by atoms with Gasteiger partial charge in [-0.05, 0) is 0 Å². The summed E-state index contributed by atoms with van der Waals surface area (Å²) in [4.78, 5) is 14.0. The second-order valence-corrected chi connectivity index (χ2v) is 0.490. The summed E-state index contributed by atoms with van der Waals surface area (Å²) in [5.74, 6) is 0. The molecule has 0 aliphatic heterocycles. The average molecular weight is 272 g/mol. The molecule has 0 spiro atoms. The first-order valence-corrected chi connectivity index (χ1v) is 2.30. The van der Waals surface area contributed by atoms with Gasteiger partial charge in [0, 0.05) is 40.8 Å². The van der Waals surface area contributed by atoms with Crippen molar-refractivity contribution >= 4 is 17.4 Å². The Hall–Kier alpha value is 1.47. The summed E-state index contributed by atoms with van der Waals surface area (Å²) < 4.78 is 16.9. The van der Waals surface area contributed by atoms with Gasteiger partial charge in [-0.25, -0.2) is 9.13 Å². The average Bonchev–Trinajstić information content (AvgIpc) is 1.39. The maximum absolute atomic E-state index is 8.46. The van der Waals surface area contributed by atoms with Crippen LogP contribution in [0.1, 0.15) is 0 Å². The predicted molar refractivity (Wildman–Crippen MR) is 19.7 cm³/mol. The molecule has 2 N–H and O–H groups in total. The van der Waals surface area contributed by atoms with E-state index in [4.69, 9.17) is 18.9 Å². The van der Waals surface area contributed by atoms with Gasteiger partial charge in [0.15, 0.2) is 0 Å². The Morgan fingerprint density at radius 3 is 1.00 bits per heavy atom. The minimum Gasteiger partial charge on any atom is -0.310 e. The summed E-state index contributed by atoms with van der Waals surface area (Å²) in [6.45, 7) is 0. The van der Waals surface area contributed by atoms with E-state index in [9.17, 15) is 0 Å². The Morgan fingerprint density at radius 2 is 1.00 bits per heavy atom. The molecule has 0 amide bonds. The van der Waals surface area contributed by atoms with Crippen LogP contribution in [0.15, 0.2) is 0 Å². The molecular formula is H2NdO4P2. The van der Waals surface area contributed by atoms with Crippen LogP contribution in [0, 0.1) is 40.8 Å². The molecule has 0 fully saturated rings. The van der Waals surface area contributed by atoms with Crippen molar-refractivity contribution in [2.45, 2.75) is 0 Å². The Bertz CT molecular complexity index is 30.7. The molecule has 0 rings (SSSR count). The third-order valence-corrected chi connectivity index (χ3v) is 0. The number of rotatable bonds is 0. The van der Waals surface area contributed by atoms with Crippen molar-refractivity contribution < 1.29 is 59.8 Å². The zero-order valence-corrected chi connectivity index (χ0v) is 8.10. The van der Waals surface area contributed by atoms with Gasteiger partial charge >= 0.3 is 17.4 Å². The quantitative estimate of drug-likeness (QED) is 0.625. The molecule has 0 saturated heterocycles. The van der Waals surface area contributed by atoms with Gasteiger partial charge in [-0.1, -0.05) is 0 Å². The Balaban J connectivity index is -0.0000000400. The van der Waals surface area contributed by atoms with Crippen LogP contribution in [0.25, 0.3) is 0 Å². The van der Waals surface area contributed by atoms with Crippen LogP contribution < -0.4 is 0 Å². The summed E-state index contributed by atoms with van der Waals surface area (Å²) in [5.41, 5.74) is 0. The summed E-state index contributed by atoms with van der Waals surface area (Å²) in [6, 6.07) is 0. The molecule has 0 heterocycles. The molecule has 7 heavy (non-hydrogen) atoms. The second kappa shape index (κ2) is 26.0. The fourth-order valence-corrected chi connectivity index (χ4v) is 0. The Labute approximate surface area is 76.4 Å². The van der Waals surface area contributed by atoms with Crippen LogP contribution in [0.5, 0.6) is 0 Å². The van der Waals surface area contributed by atoms with Gasteiger partial charge in [0.25, 0.3) is 0 Å². The fraction of sp³-hybridized carbons (Fsp3) is 0. The molecule has 0 bridgehead atoms. The van der Waals surface area contributed by atoms with E-state index in [0.717, 1.165) is 0 Å². The van der Waals surface area contributed by atoms with Crippen LogP contribution in [-0.4, -0.2) is 9.79 Å². The topological polar surface area (TPSA) is 74.6 Å². The van der Waals surface area contributed by atoms with Crippen molar-refractivity contribution in [1.82, 2.24) is 0 Å².